The SMILES string of the molecule is FCC/C=C/C1CCC(c2ccc(-c3cc(F)c(Cl)c(F)c3)cc2)CC1. The van der Waals surface area contributed by atoms with Gasteiger partial charge in [-0.2, -0.15) is 0 Å². The molecule has 0 bridgehead atoms. The van der Waals surface area contributed by atoms with Gasteiger partial charge >= 0.3 is 0 Å². The van der Waals surface area contributed by atoms with Gasteiger partial charge in [0.05, 0.1) is 6.67 Å². The highest BCUT2D eigenvalue weighted by molar-refractivity contribution is 6.31. The summed E-state index contributed by atoms with van der Waals surface area (Å²) in [6.07, 6.45) is 9.05. The quantitative estimate of drug-likeness (QED) is 0.373. The summed E-state index contributed by atoms with van der Waals surface area (Å²) in [5.74, 6) is -0.430. The first kappa shape index (κ1) is 19.0. The van der Waals surface area contributed by atoms with Gasteiger partial charge in [0.25, 0.3) is 0 Å². The van der Waals surface area contributed by atoms with Gasteiger partial charge in [-0.3, -0.25) is 4.39 Å². The minimum atomic E-state index is -0.745. The maximum Gasteiger partial charge on any atom is 0.145 e. The van der Waals surface area contributed by atoms with Crippen molar-refractivity contribution in [3.8, 4) is 11.1 Å². The molecule has 0 aromatic heterocycles. The summed E-state index contributed by atoms with van der Waals surface area (Å²) < 4.78 is 39.4. The molecule has 1 aliphatic carbocycles. The molecule has 0 spiro atoms. The summed E-state index contributed by atoms with van der Waals surface area (Å²) in [4.78, 5) is 0. The number of hydrogen-bond donors (Lipinski definition) is 0. The fourth-order valence-electron chi connectivity index (χ4n) is 3.67. The molecule has 1 fully saturated rings. The molecule has 0 N–H and O–H groups in total. The van der Waals surface area contributed by atoms with Crippen molar-refractivity contribution in [2.24, 2.45) is 5.92 Å². The molecule has 0 saturated heterocycles. The zero-order valence-electron chi connectivity index (χ0n) is 14.5. The van der Waals surface area contributed by atoms with E-state index in [1.807, 2.05) is 30.3 Å². The van der Waals surface area contributed by atoms with Crippen molar-refractivity contribution in [3.05, 3.63) is 70.8 Å². The third-order valence-electron chi connectivity index (χ3n) is 5.16. The zero-order chi connectivity index (χ0) is 18.5. The van der Waals surface area contributed by atoms with Crippen LogP contribution in [0.2, 0.25) is 5.02 Å². The molecule has 0 amide bonds. The second kappa shape index (κ2) is 8.77. The average molecular weight is 379 g/mol. The molecule has 1 aliphatic rings. The van der Waals surface area contributed by atoms with Gasteiger partial charge in [0.2, 0.25) is 0 Å². The van der Waals surface area contributed by atoms with Gasteiger partial charge < -0.3 is 0 Å². The third-order valence-corrected chi connectivity index (χ3v) is 5.52. The molecule has 0 radical (unpaired) electrons. The largest absolute Gasteiger partial charge is 0.251 e. The van der Waals surface area contributed by atoms with Gasteiger partial charge in [0.1, 0.15) is 16.7 Å². The summed E-state index contributed by atoms with van der Waals surface area (Å²) >= 11 is 5.54. The van der Waals surface area contributed by atoms with Gasteiger partial charge in [-0.1, -0.05) is 48.0 Å². The van der Waals surface area contributed by atoms with Crippen LogP contribution in [0.4, 0.5) is 13.2 Å². The Morgan fingerprint density at radius 2 is 1.54 bits per heavy atom. The van der Waals surface area contributed by atoms with Gasteiger partial charge in [-0.05, 0) is 72.8 Å². The number of rotatable bonds is 5. The van der Waals surface area contributed by atoms with Crippen LogP contribution in [0.25, 0.3) is 11.1 Å². The molecule has 3 rings (SSSR count). The van der Waals surface area contributed by atoms with Crippen molar-refractivity contribution in [1.29, 1.82) is 0 Å². The maximum atomic E-state index is 13.6. The number of alkyl halides is 1. The Hall–Kier alpha value is -1.74. The lowest BCUT2D eigenvalue weighted by Gasteiger charge is -2.27. The van der Waals surface area contributed by atoms with Crippen LogP contribution in [-0.2, 0) is 0 Å². The first-order valence-corrected chi connectivity index (χ1v) is 9.43. The monoisotopic (exact) mass is 378 g/mol. The maximum absolute atomic E-state index is 13.6. The minimum Gasteiger partial charge on any atom is -0.251 e. The second-order valence-corrected chi connectivity index (χ2v) is 7.27. The first-order chi connectivity index (χ1) is 12.6. The Morgan fingerprint density at radius 3 is 2.12 bits per heavy atom. The standard InChI is InChI=1S/C22H22ClF3/c23-22-20(25)13-19(14-21(22)26)18-10-8-17(9-11-18)16-6-4-15(5-7-16)3-1-2-12-24/h1,3,8-11,13-16H,2,4-7,12H2/b3-1+. The predicted molar refractivity (Wildman–Crippen MR) is 101 cm³/mol. The van der Waals surface area contributed by atoms with E-state index in [0.29, 0.717) is 23.8 Å². The summed E-state index contributed by atoms with van der Waals surface area (Å²) in [6.45, 7) is -0.292. The molecule has 0 atom stereocenters. The normalized spacial score (nSPS) is 20.6. The predicted octanol–water partition coefficient (Wildman–Crippen LogP) is 7.47. The van der Waals surface area contributed by atoms with Crippen LogP contribution < -0.4 is 0 Å². The molecule has 26 heavy (non-hydrogen) atoms. The van der Waals surface area contributed by atoms with Crippen LogP contribution in [0.5, 0.6) is 0 Å². The van der Waals surface area contributed by atoms with Gasteiger partial charge in [-0.25, -0.2) is 8.78 Å². The van der Waals surface area contributed by atoms with E-state index in [2.05, 4.69) is 6.08 Å². The third kappa shape index (κ3) is 4.50. The van der Waals surface area contributed by atoms with Crippen molar-refractivity contribution < 1.29 is 13.2 Å². The molecule has 4 heteroatoms. The fourth-order valence-corrected chi connectivity index (χ4v) is 3.78. The number of benzene rings is 2. The van der Waals surface area contributed by atoms with Crippen LogP contribution in [0.1, 0.15) is 43.6 Å². The van der Waals surface area contributed by atoms with E-state index in [-0.39, 0.29) is 6.67 Å². The van der Waals surface area contributed by atoms with E-state index in [4.69, 9.17) is 11.6 Å². The first-order valence-electron chi connectivity index (χ1n) is 9.06. The summed E-state index contributed by atoms with van der Waals surface area (Å²) in [5, 5.41) is -0.470. The van der Waals surface area contributed by atoms with Crippen molar-refractivity contribution in [2.75, 3.05) is 6.67 Å². The summed E-state index contributed by atoms with van der Waals surface area (Å²) in [7, 11) is 0. The van der Waals surface area contributed by atoms with Crippen molar-refractivity contribution in [2.45, 2.75) is 38.0 Å². The van der Waals surface area contributed by atoms with Crippen molar-refractivity contribution in [3.63, 3.8) is 0 Å². The number of allylic oxidation sites excluding steroid dienone is 2. The Labute approximate surface area is 157 Å². The van der Waals surface area contributed by atoms with E-state index < -0.39 is 16.7 Å². The summed E-state index contributed by atoms with van der Waals surface area (Å²) in [5.41, 5.74) is 2.51. The lowest BCUT2D eigenvalue weighted by molar-refractivity contribution is 0.375. The number of hydrogen-bond acceptors (Lipinski definition) is 0. The highest BCUT2D eigenvalue weighted by Crippen LogP contribution is 2.37. The molecule has 0 unspecified atom stereocenters. The number of halogens is 4. The average Bonchev–Trinajstić information content (AvgIpc) is 2.67. The highest BCUT2D eigenvalue weighted by Gasteiger charge is 2.21. The van der Waals surface area contributed by atoms with Crippen LogP contribution in [0.15, 0.2) is 48.6 Å². The second-order valence-electron chi connectivity index (χ2n) is 6.89. The van der Waals surface area contributed by atoms with Crippen LogP contribution in [0.3, 0.4) is 0 Å². The Bertz CT molecular complexity index is 736. The molecule has 0 nitrogen and oxygen atoms in total. The van der Waals surface area contributed by atoms with Gasteiger partial charge in [0.15, 0.2) is 0 Å². The fraction of sp³-hybridized carbons (Fsp3) is 0.364. The Morgan fingerprint density at radius 1 is 0.923 bits per heavy atom. The van der Waals surface area contributed by atoms with Gasteiger partial charge in [-0.15, -0.1) is 0 Å². The highest BCUT2D eigenvalue weighted by atomic mass is 35.5. The summed E-state index contributed by atoms with van der Waals surface area (Å²) in [6, 6.07) is 10.4. The lowest BCUT2D eigenvalue weighted by Crippen LogP contribution is -2.11. The minimum absolute atomic E-state index is 0.292. The Balaban J connectivity index is 1.65. The molecular formula is C22H22ClF3. The van der Waals surface area contributed by atoms with Crippen molar-refractivity contribution >= 4 is 11.6 Å². The molecule has 0 heterocycles. The molecule has 1 saturated carbocycles. The van der Waals surface area contributed by atoms with Crippen LogP contribution in [-0.4, -0.2) is 6.67 Å². The van der Waals surface area contributed by atoms with E-state index >= 15 is 0 Å². The van der Waals surface area contributed by atoms with Gasteiger partial charge in [0, 0.05) is 0 Å². The van der Waals surface area contributed by atoms with E-state index in [0.717, 1.165) is 31.2 Å². The molecule has 138 valence electrons. The molecule has 0 aliphatic heterocycles. The molecule has 2 aromatic carbocycles. The van der Waals surface area contributed by atoms with Crippen molar-refractivity contribution in [1.82, 2.24) is 0 Å². The lowest BCUT2D eigenvalue weighted by atomic mass is 9.78. The topological polar surface area (TPSA) is 0 Å². The van der Waals surface area contributed by atoms with E-state index in [1.54, 1.807) is 0 Å². The zero-order valence-corrected chi connectivity index (χ0v) is 15.3. The smallest absolute Gasteiger partial charge is 0.145 e. The van der Waals surface area contributed by atoms with E-state index in [9.17, 15) is 13.2 Å². The molecule has 2 aromatic rings. The van der Waals surface area contributed by atoms with E-state index in [1.165, 1.54) is 17.7 Å². The van der Waals surface area contributed by atoms with Crippen LogP contribution in [0, 0.1) is 17.6 Å². The van der Waals surface area contributed by atoms with Crippen LogP contribution >= 0.6 is 11.6 Å². The molecular weight excluding hydrogens is 357 g/mol. The Kier molecular flexibility index (Phi) is 6.42.